The highest BCUT2D eigenvalue weighted by atomic mass is 16.6. The van der Waals surface area contributed by atoms with Crippen molar-refractivity contribution in [2.75, 3.05) is 25.1 Å². The first-order valence-corrected chi connectivity index (χ1v) is 10.7. The maximum Gasteiger partial charge on any atom is 0.407 e. The number of nitrogens with one attached hydrogen (secondary N) is 3. The second-order valence-electron chi connectivity index (χ2n) is 8.84. The number of rotatable bonds is 5. The summed E-state index contributed by atoms with van der Waals surface area (Å²) in [5.74, 6) is 1.61. The van der Waals surface area contributed by atoms with Gasteiger partial charge in [0.1, 0.15) is 18.8 Å². The van der Waals surface area contributed by atoms with Crippen molar-refractivity contribution >= 4 is 17.8 Å². The third-order valence-electron chi connectivity index (χ3n) is 5.20. The molecule has 0 saturated heterocycles. The number of benzene rings is 1. The second kappa shape index (κ2) is 9.91. The molecule has 1 saturated carbocycles. The minimum absolute atomic E-state index is 0.171. The molecule has 1 aromatic rings. The number of carbonyl (C=O) groups excluding carboxylic acids is 2. The summed E-state index contributed by atoms with van der Waals surface area (Å²) in [6, 6.07) is 4.83. The first-order valence-electron chi connectivity index (χ1n) is 10.7. The van der Waals surface area contributed by atoms with Gasteiger partial charge in [-0.05, 0) is 51.7 Å². The number of amides is 3. The van der Waals surface area contributed by atoms with E-state index in [-0.39, 0.29) is 12.1 Å². The van der Waals surface area contributed by atoms with Crippen molar-refractivity contribution in [2.45, 2.75) is 64.5 Å². The monoisotopic (exact) mass is 419 g/mol. The van der Waals surface area contributed by atoms with E-state index < -0.39 is 11.7 Å². The number of hydrogen-bond donors (Lipinski definition) is 3. The van der Waals surface area contributed by atoms with Crippen molar-refractivity contribution in [3.8, 4) is 11.5 Å². The Morgan fingerprint density at radius 3 is 2.50 bits per heavy atom. The van der Waals surface area contributed by atoms with Crippen LogP contribution in [0.3, 0.4) is 0 Å². The summed E-state index contributed by atoms with van der Waals surface area (Å²) >= 11 is 0. The zero-order chi connectivity index (χ0) is 21.6. The molecule has 8 nitrogen and oxygen atoms in total. The Morgan fingerprint density at radius 1 is 1.10 bits per heavy atom. The van der Waals surface area contributed by atoms with Crippen LogP contribution in [0.1, 0.15) is 52.9 Å². The highest BCUT2D eigenvalue weighted by Gasteiger charge is 2.27. The van der Waals surface area contributed by atoms with Crippen molar-refractivity contribution in [1.82, 2.24) is 10.6 Å². The first kappa shape index (κ1) is 22.1. The predicted molar refractivity (Wildman–Crippen MR) is 114 cm³/mol. The fourth-order valence-corrected chi connectivity index (χ4v) is 3.84. The molecule has 0 spiro atoms. The summed E-state index contributed by atoms with van der Waals surface area (Å²) < 4.78 is 16.4. The smallest absolute Gasteiger partial charge is 0.407 e. The van der Waals surface area contributed by atoms with Gasteiger partial charge in [0.05, 0.1) is 6.04 Å². The molecular weight excluding hydrogens is 386 g/mol. The Kier molecular flexibility index (Phi) is 7.29. The molecule has 1 aromatic carbocycles. The van der Waals surface area contributed by atoms with Gasteiger partial charge in [0.15, 0.2) is 11.5 Å². The van der Waals surface area contributed by atoms with Crippen LogP contribution in [0.2, 0.25) is 0 Å². The van der Waals surface area contributed by atoms with Crippen molar-refractivity contribution in [2.24, 2.45) is 5.92 Å². The van der Waals surface area contributed by atoms with Crippen LogP contribution in [-0.4, -0.2) is 43.5 Å². The van der Waals surface area contributed by atoms with E-state index in [4.69, 9.17) is 14.2 Å². The van der Waals surface area contributed by atoms with E-state index in [0.717, 1.165) is 25.7 Å². The molecule has 1 atom stereocenters. The molecule has 1 aliphatic heterocycles. The minimum atomic E-state index is -0.562. The third-order valence-corrected chi connectivity index (χ3v) is 5.20. The summed E-state index contributed by atoms with van der Waals surface area (Å²) in [6.45, 7) is 6.81. The summed E-state index contributed by atoms with van der Waals surface area (Å²) in [7, 11) is 0. The average molecular weight is 420 g/mol. The van der Waals surface area contributed by atoms with E-state index in [1.165, 1.54) is 6.42 Å². The van der Waals surface area contributed by atoms with Crippen molar-refractivity contribution in [1.29, 1.82) is 0 Å². The number of hydrogen-bond acceptors (Lipinski definition) is 5. The van der Waals surface area contributed by atoms with Crippen molar-refractivity contribution in [3.63, 3.8) is 0 Å². The molecule has 3 amide bonds. The van der Waals surface area contributed by atoms with Crippen LogP contribution < -0.4 is 25.4 Å². The Balaban J connectivity index is 1.58. The largest absolute Gasteiger partial charge is 0.486 e. The third kappa shape index (κ3) is 6.71. The molecular formula is C22H33N3O5. The van der Waals surface area contributed by atoms with Crippen LogP contribution in [0.25, 0.3) is 0 Å². The van der Waals surface area contributed by atoms with Gasteiger partial charge in [0.2, 0.25) is 0 Å². The number of anilines is 1. The van der Waals surface area contributed by atoms with Gasteiger partial charge >= 0.3 is 12.1 Å². The Bertz CT molecular complexity index is 741. The standard InChI is InChI=1S/C22H33N3O5/c1-22(2,3)30-21(27)23-14-17(15-7-5-4-6-8-15)25-20(26)24-16-9-10-18-19(13-16)29-12-11-28-18/h9-10,13,15,17H,4-8,11-12,14H2,1-3H3,(H,23,27)(H2,24,25,26)/t17-/m1/s1. The summed E-state index contributed by atoms with van der Waals surface area (Å²) in [5.41, 5.74) is 0.0623. The quantitative estimate of drug-likeness (QED) is 0.669. The van der Waals surface area contributed by atoms with Gasteiger partial charge in [-0.15, -0.1) is 0 Å². The molecule has 3 N–H and O–H groups in total. The molecule has 0 bridgehead atoms. The normalized spacial score (nSPS) is 17.6. The maximum absolute atomic E-state index is 12.7. The SMILES string of the molecule is CC(C)(C)OC(=O)NC[C@@H](NC(=O)Nc1ccc2c(c1)OCCO2)C1CCCCC1. The second-order valence-corrected chi connectivity index (χ2v) is 8.84. The Labute approximate surface area is 178 Å². The molecule has 1 fully saturated rings. The lowest BCUT2D eigenvalue weighted by Gasteiger charge is -2.31. The molecule has 0 aromatic heterocycles. The van der Waals surface area contributed by atoms with Crippen LogP contribution in [0.4, 0.5) is 15.3 Å². The molecule has 2 aliphatic rings. The van der Waals surface area contributed by atoms with Crippen molar-refractivity contribution < 1.29 is 23.8 Å². The summed E-state index contributed by atoms with van der Waals surface area (Å²) in [5, 5.41) is 8.71. The van der Waals surface area contributed by atoms with E-state index in [0.29, 0.717) is 42.9 Å². The maximum atomic E-state index is 12.7. The number of urea groups is 1. The highest BCUT2D eigenvalue weighted by molar-refractivity contribution is 5.90. The predicted octanol–water partition coefficient (Wildman–Crippen LogP) is 4.05. The first-order chi connectivity index (χ1) is 14.3. The van der Waals surface area contributed by atoms with E-state index in [1.54, 1.807) is 18.2 Å². The summed E-state index contributed by atoms with van der Waals surface area (Å²) in [6.07, 6.45) is 5.08. The van der Waals surface area contributed by atoms with Gasteiger partial charge in [-0.25, -0.2) is 9.59 Å². The van der Waals surface area contributed by atoms with Crippen LogP contribution >= 0.6 is 0 Å². The Morgan fingerprint density at radius 2 is 1.80 bits per heavy atom. The molecule has 0 unspecified atom stereocenters. The molecule has 30 heavy (non-hydrogen) atoms. The number of alkyl carbamates (subject to hydrolysis) is 1. The zero-order valence-corrected chi connectivity index (χ0v) is 18.1. The molecule has 8 heteroatoms. The van der Waals surface area contributed by atoms with Gasteiger partial charge < -0.3 is 30.2 Å². The fraction of sp³-hybridized carbons (Fsp3) is 0.636. The van der Waals surface area contributed by atoms with Gasteiger partial charge in [0.25, 0.3) is 0 Å². The van der Waals surface area contributed by atoms with E-state index in [1.807, 2.05) is 20.8 Å². The minimum Gasteiger partial charge on any atom is -0.486 e. The molecule has 3 rings (SSSR count). The van der Waals surface area contributed by atoms with Crippen LogP contribution in [0, 0.1) is 5.92 Å². The van der Waals surface area contributed by atoms with Crippen LogP contribution in [0.15, 0.2) is 18.2 Å². The zero-order valence-electron chi connectivity index (χ0n) is 18.1. The average Bonchev–Trinajstić information content (AvgIpc) is 2.70. The fourth-order valence-electron chi connectivity index (χ4n) is 3.84. The lowest BCUT2D eigenvalue weighted by molar-refractivity contribution is 0.0516. The van der Waals surface area contributed by atoms with E-state index in [2.05, 4.69) is 16.0 Å². The van der Waals surface area contributed by atoms with Gasteiger partial charge in [-0.1, -0.05) is 19.3 Å². The number of ether oxygens (including phenoxy) is 3. The summed E-state index contributed by atoms with van der Waals surface area (Å²) in [4.78, 5) is 24.7. The van der Waals surface area contributed by atoms with E-state index >= 15 is 0 Å². The van der Waals surface area contributed by atoms with Crippen LogP contribution in [-0.2, 0) is 4.74 Å². The van der Waals surface area contributed by atoms with E-state index in [9.17, 15) is 9.59 Å². The van der Waals surface area contributed by atoms with Gasteiger partial charge in [-0.3, -0.25) is 0 Å². The number of fused-ring (bicyclic) bond motifs is 1. The number of carbonyl (C=O) groups is 2. The molecule has 1 heterocycles. The Hall–Kier alpha value is -2.64. The lowest BCUT2D eigenvalue weighted by Crippen LogP contribution is -2.50. The van der Waals surface area contributed by atoms with Gasteiger partial charge in [0, 0.05) is 18.3 Å². The van der Waals surface area contributed by atoms with Gasteiger partial charge in [-0.2, -0.15) is 0 Å². The highest BCUT2D eigenvalue weighted by Crippen LogP contribution is 2.32. The van der Waals surface area contributed by atoms with Crippen molar-refractivity contribution in [3.05, 3.63) is 18.2 Å². The molecule has 166 valence electrons. The lowest BCUT2D eigenvalue weighted by atomic mass is 9.84. The molecule has 0 radical (unpaired) electrons. The topological polar surface area (TPSA) is 97.9 Å². The van der Waals surface area contributed by atoms with Crippen LogP contribution in [0.5, 0.6) is 11.5 Å². The molecule has 1 aliphatic carbocycles.